The van der Waals surface area contributed by atoms with E-state index in [2.05, 4.69) is 158 Å². The summed E-state index contributed by atoms with van der Waals surface area (Å²) in [6.07, 6.45) is 3.79. The van der Waals surface area contributed by atoms with Crippen molar-refractivity contribution in [2.75, 3.05) is 0 Å². The Kier molecular flexibility index (Phi) is 6.80. The highest BCUT2D eigenvalue weighted by atomic mass is 16.5. The van der Waals surface area contributed by atoms with Gasteiger partial charge in [-0.2, -0.15) is 0 Å². The second-order valence-corrected chi connectivity index (χ2v) is 13.7. The number of para-hydroxylation sites is 2. The smallest absolute Gasteiger partial charge is 0.132 e. The first-order valence-electron chi connectivity index (χ1n) is 17.7. The minimum Gasteiger partial charge on any atom is -0.457 e. The fraction of sp³-hybridized carbons (Fsp3) is 0.0625. The lowest BCUT2D eigenvalue weighted by Crippen LogP contribution is -2.32. The number of hydrogen-bond donors (Lipinski definition) is 0. The van der Waals surface area contributed by atoms with Crippen LogP contribution in [0.3, 0.4) is 0 Å². The first kappa shape index (κ1) is 30.2. The van der Waals surface area contributed by atoms with E-state index in [1.54, 1.807) is 0 Å². The number of rotatable bonds is 4. The highest BCUT2D eigenvalue weighted by molar-refractivity contribution is 5.97. The van der Waals surface area contributed by atoms with Crippen molar-refractivity contribution in [3.63, 3.8) is 0 Å². The van der Waals surface area contributed by atoms with Crippen LogP contribution in [0, 0.1) is 13.8 Å². The molecule has 3 heterocycles. The molecule has 0 bridgehead atoms. The molecule has 246 valence electrons. The third-order valence-electron chi connectivity index (χ3n) is 10.7. The fourth-order valence-corrected chi connectivity index (χ4v) is 8.41. The number of nitrogens with zero attached hydrogens (tertiary/aromatic N) is 3. The summed E-state index contributed by atoms with van der Waals surface area (Å²) in [6.45, 7) is 4.11. The number of ether oxygens (including phenoxy) is 1. The van der Waals surface area contributed by atoms with Gasteiger partial charge in [-0.05, 0) is 88.7 Å². The maximum atomic E-state index is 6.64. The summed E-state index contributed by atoms with van der Waals surface area (Å²) >= 11 is 0. The first-order valence-corrected chi connectivity index (χ1v) is 17.7. The van der Waals surface area contributed by atoms with Gasteiger partial charge >= 0.3 is 0 Å². The summed E-state index contributed by atoms with van der Waals surface area (Å²) < 4.78 is 6.64. The number of benzene rings is 6. The Bertz CT molecular complexity index is 2630. The number of pyridine rings is 1. The molecule has 2 aliphatic rings. The lowest BCUT2D eigenvalue weighted by Gasteiger charge is -2.39. The van der Waals surface area contributed by atoms with Gasteiger partial charge < -0.3 is 4.74 Å². The van der Waals surface area contributed by atoms with E-state index < -0.39 is 5.41 Å². The molecule has 1 spiro atoms. The van der Waals surface area contributed by atoms with Crippen molar-refractivity contribution in [2.45, 2.75) is 19.3 Å². The van der Waals surface area contributed by atoms with Crippen LogP contribution in [0.2, 0.25) is 0 Å². The van der Waals surface area contributed by atoms with Crippen LogP contribution in [-0.4, -0.2) is 15.0 Å². The van der Waals surface area contributed by atoms with Crippen molar-refractivity contribution in [3.05, 3.63) is 198 Å². The van der Waals surface area contributed by atoms with Crippen LogP contribution < -0.4 is 4.74 Å². The van der Waals surface area contributed by atoms with Crippen LogP contribution in [0.4, 0.5) is 0 Å². The molecule has 1 aliphatic carbocycles. The van der Waals surface area contributed by atoms with Crippen LogP contribution in [0.5, 0.6) is 11.5 Å². The van der Waals surface area contributed by atoms with E-state index in [0.717, 1.165) is 73.2 Å². The Morgan fingerprint density at radius 3 is 1.87 bits per heavy atom. The molecule has 0 fully saturated rings. The molecule has 8 aromatic rings. The summed E-state index contributed by atoms with van der Waals surface area (Å²) in [4.78, 5) is 14.3. The van der Waals surface area contributed by atoms with Crippen molar-refractivity contribution in [2.24, 2.45) is 0 Å². The highest BCUT2D eigenvalue weighted by Crippen LogP contribution is 2.63. The molecule has 0 radical (unpaired) electrons. The SMILES string of the molecule is Cc1nc(-c2ccccc2)cc(-c2cccc3c2-c2ccc(-c4ccc(-c5cnccc5C)cc4)cc2C32c3ccccc3Oc3ccccc32)n1. The van der Waals surface area contributed by atoms with Crippen molar-refractivity contribution in [1.82, 2.24) is 15.0 Å². The monoisotopic (exact) mass is 667 g/mol. The van der Waals surface area contributed by atoms with Gasteiger partial charge in [0.25, 0.3) is 0 Å². The van der Waals surface area contributed by atoms with Crippen molar-refractivity contribution in [1.29, 1.82) is 0 Å². The molecule has 52 heavy (non-hydrogen) atoms. The second-order valence-electron chi connectivity index (χ2n) is 13.7. The summed E-state index contributed by atoms with van der Waals surface area (Å²) in [6, 6.07) is 54.1. The molecule has 4 nitrogen and oxygen atoms in total. The molecular weight excluding hydrogens is 635 g/mol. The summed E-state index contributed by atoms with van der Waals surface area (Å²) in [5.74, 6) is 2.48. The van der Waals surface area contributed by atoms with Crippen LogP contribution >= 0.6 is 0 Å². The Morgan fingerprint density at radius 1 is 0.462 bits per heavy atom. The minimum atomic E-state index is -0.612. The zero-order chi connectivity index (χ0) is 34.8. The molecule has 1 aliphatic heterocycles. The van der Waals surface area contributed by atoms with Crippen LogP contribution in [0.15, 0.2) is 164 Å². The average molecular weight is 668 g/mol. The largest absolute Gasteiger partial charge is 0.457 e. The summed E-state index contributed by atoms with van der Waals surface area (Å²) in [7, 11) is 0. The van der Waals surface area contributed by atoms with Crippen LogP contribution in [0.1, 0.15) is 33.6 Å². The zero-order valence-corrected chi connectivity index (χ0v) is 28.8. The molecule has 0 atom stereocenters. The normalized spacial score (nSPS) is 13.1. The number of hydrogen-bond acceptors (Lipinski definition) is 4. The maximum absolute atomic E-state index is 6.64. The molecule has 4 heteroatoms. The topological polar surface area (TPSA) is 47.9 Å². The van der Waals surface area contributed by atoms with Crippen LogP contribution in [-0.2, 0) is 5.41 Å². The van der Waals surface area contributed by atoms with Crippen LogP contribution in [0.25, 0.3) is 55.9 Å². The minimum absolute atomic E-state index is 0.612. The predicted octanol–water partition coefficient (Wildman–Crippen LogP) is 11.6. The maximum Gasteiger partial charge on any atom is 0.132 e. The van der Waals surface area contributed by atoms with Gasteiger partial charge in [-0.15, -0.1) is 0 Å². The molecule has 6 aromatic carbocycles. The fourth-order valence-electron chi connectivity index (χ4n) is 8.41. The van der Waals surface area contributed by atoms with E-state index in [0.29, 0.717) is 0 Å². The third kappa shape index (κ3) is 4.51. The van der Waals surface area contributed by atoms with Gasteiger partial charge in [0.05, 0.1) is 16.8 Å². The number of fused-ring (bicyclic) bond motifs is 9. The highest BCUT2D eigenvalue weighted by Gasteiger charge is 2.51. The van der Waals surface area contributed by atoms with Gasteiger partial charge in [0.1, 0.15) is 17.3 Å². The molecule has 0 amide bonds. The van der Waals surface area contributed by atoms with E-state index in [1.807, 2.05) is 25.4 Å². The Morgan fingerprint density at radius 2 is 1.12 bits per heavy atom. The predicted molar refractivity (Wildman–Crippen MR) is 208 cm³/mol. The van der Waals surface area contributed by atoms with E-state index in [1.165, 1.54) is 27.8 Å². The molecule has 2 aromatic heterocycles. The molecule has 0 saturated heterocycles. The van der Waals surface area contributed by atoms with E-state index in [-0.39, 0.29) is 0 Å². The second kappa shape index (κ2) is 11.7. The lowest BCUT2D eigenvalue weighted by atomic mass is 9.66. The molecular formula is C48H33N3O. The molecule has 0 saturated carbocycles. The van der Waals surface area contributed by atoms with Gasteiger partial charge in [-0.3, -0.25) is 4.98 Å². The summed E-state index contributed by atoms with van der Waals surface area (Å²) in [5, 5.41) is 0. The Labute approximate surface area is 303 Å². The Balaban J connectivity index is 1.23. The number of aromatic nitrogens is 3. The summed E-state index contributed by atoms with van der Waals surface area (Å²) in [5.41, 5.74) is 16.3. The number of aryl methyl sites for hydroxylation is 2. The van der Waals surface area contributed by atoms with Gasteiger partial charge in [-0.25, -0.2) is 9.97 Å². The third-order valence-corrected chi connectivity index (χ3v) is 10.7. The van der Waals surface area contributed by atoms with Crippen molar-refractivity contribution < 1.29 is 4.74 Å². The molecule has 0 N–H and O–H groups in total. The van der Waals surface area contributed by atoms with Gasteiger partial charge in [-0.1, -0.05) is 121 Å². The van der Waals surface area contributed by atoms with Gasteiger partial charge in [0, 0.05) is 40.2 Å². The van der Waals surface area contributed by atoms with E-state index in [4.69, 9.17) is 14.7 Å². The average Bonchev–Trinajstić information content (AvgIpc) is 3.48. The van der Waals surface area contributed by atoms with Crippen molar-refractivity contribution in [3.8, 4) is 67.4 Å². The molecule has 10 rings (SSSR count). The standard InChI is InChI=1S/C48H33N3O/c1-30-25-26-49-29-38(30)33-21-19-32(20-22-33)35-23-24-36-42(27-35)48(39-14-6-8-17-45(39)52-46-18-9-7-15-40(46)48)41-16-10-13-37(47(36)41)44-28-43(50-31(2)51-44)34-11-4-3-5-12-34/h3-29H,1-2H3. The van der Waals surface area contributed by atoms with E-state index in [9.17, 15) is 0 Å². The quantitative estimate of drug-likeness (QED) is 0.187. The van der Waals surface area contributed by atoms with E-state index >= 15 is 0 Å². The zero-order valence-electron chi connectivity index (χ0n) is 28.8. The Hall–Kier alpha value is -6.65. The van der Waals surface area contributed by atoms with Gasteiger partial charge in [0.2, 0.25) is 0 Å². The van der Waals surface area contributed by atoms with Gasteiger partial charge in [0.15, 0.2) is 0 Å². The lowest BCUT2D eigenvalue weighted by molar-refractivity contribution is 0.436. The van der Waals surface area contributed by atoms with Crippen molar-refractivity contribution >= 4 is 0 Å². The first-order chi connectivity index (χ1) is 25.6. The molecule has 0 unspecified atom stereocenters.